The number of nitrogens with zero attached hydrogens (tertiary/aromatic N) is 4. The first-order chi connectivity index (χ1) is 9.13. The molecule has 1 aromatic heterocycles. The van der Waals surface area contributed by atoms with Crippen molar-refractivity contribution < 1.29 is 10.2 Å². The Kier molecular flexibility index (Phi) is 4.06. The monoisotopic (exact) mass is 260 g/mol. The van der Waals surface area contributed by atoms with Crippen molar-refractivity contribution in [3.05, 3.63) is 46.5 Å². The van der Waals surface area contributed by atoms with Crippen LogP contribution in [0.5, 0.6) is 0 Å². The molecule has 0 amide bonds. The fourth-order valence-corrected chi connectivity index (χ4v) is 2.10. The molecule has 0 bridgehead atoms. The fraction of sp³-hybridized carbons (Fsp3) is 0.385. The van der Waals surface area contributed by atoms with Crippen LogP contribution in [0.25, 0.3) is 21.3 Å². The van der Waals surface area contributed by atoms with E-state index in [-0.39, 0.29) is 13.0 Å². The third-order valence-electron chi connectivity index (χ3n) is 3.20. The molecule has 6 heteroatoms. The molecule has 0 aliphatic heterocycles. The first-order valence-corrected chi connectivity index (χ1v) is 6.05. The zero-order valence-corrected chi connectivity index (χ0v) is 10.6. The van der Waals surface area contributed by atoms with Gasteiger partial charge >= 0.3 is 0 Å². The van der Waals surface area contributed by atoms with Gasteiger partial charge in [-0.1, -0.05) is 11.2 Å². The minimum atomic E-state index is -0.974. The molecule has 0 aliphatic carbocycles. The highest BCUT2D eigenvalue weighted by molar-refractivity contribution is 5.80. The summed E-state index contributed by atoms with van der Waals surface area (Å²) in [5.74, 6) is 0. The molecule has 1 aromatic carbocycles. The van der Waals surface area contributed by atoms with Crippen molar-refractivity contribution in [2.24, 2.45) is 12.2 Å². The molecule has 2 aromatic rings. The smallest absolute Gasteiger partial charge is 0.105 e. The Morgan fingerprint density at radius 1 is 1.37 bits per heavy atom. The Hall–Kier alpha value is -2.01. The van der Waals surface area contributed by atoms with Crippen LogP contribution in [-0.4, -0.2) is 27.4 Å². The van der Waals surface area contributed by atoms with Crippen molar-refractivity contribution in [1.82, 2.24) is 4.57 Å². The van der Waals surface area contributed by atoms with Crippen LogP contribution < -0.4 is 0 Å². The van der Waals surface area contributed by atoms with Gasteiger partial charge in [-0.25, -0.2) is 0 Å². The number of hydrogen-bond acceptors (Lipinski definition) is 3. The largest absolute Gasteiger partial charge is 0.390 e. The summed E-state index contributed by atoms with van der Waals surface area (Å²) in [5, 5.41) is 24.3. The van der Waals surface area contributed by atoms with E-state index < -0.39 is 12.2 Å². The van der Waals surface area contributed by atoms with Crippen LogP contribution in [0.1, 0.15) is 18.1 Å². The normalized spacial score (nSPS) is 14.1. The third kappa shape index (κ3) is 2.88. The average molecular weight is 260 g/mol. The quantitative estimate of drug-likeness (QED) is 0.490. The first-order valence-electron chi connectivity index (χ1n) is 6.05. The summed E-state index contributed by atoms with van der Waals surface area (Å²) >= 11 is 0. The molecule has 0 saturated heterocycles. The molecule has 2 atom stereocenters. The van der Waals surface area contributed by atoms with Crippen molar-refractivity contribution in [2.75, 3.05) is 6.54 Å². The highest BCUT2D eigenvalue weighted by Gasteiger charge is 2.18. The van der Waals surface area contributed by atoms with Crippen molar-refractivity contribution >= 4 is 10.9 Å². The van der Waals surface area contributed by atoms with Gasteiger partial charge in [0, 0.05) is 30.2 Å². The fourth-order valence-electron chi connectivity index (χ4n) is 2.10. The minimum Gasteiger partial charge on any atom is -0.390 e. The number of fused-ring (bicyclic) bond motifs is 1. The van der Waals surface area contributed by atoms with Crippen LogP contribution in [0.3, 0.4) is 0 Å². The standard InChI is InChI=1S/C13H16N4O2/c1-17-7-5-9-8-10(2-3-11(9)17)13(19)12(18)4-6-15-16-14/h2-3,5,7-8,12-13,18-19H,4,6H2,1H3. The lowest BCUT2D eigenvalue weighted by molar-refractivity contribution is 0.0151. The van der Waals surface area contributed by atoms with Gasteiger partial charge in [-0.3, -0.25) is 0 Å². The Bertz CT molecular complexity index is 616. The van der Waals surface area contributed by atoms with E-state index in [0.717, 1.165) is 10.9 Å². The second-order valence-corrected chi connectivity index (χ2v) is 4.50. The summed E-state index contributed by atoms with van der Waals surface area (Å²) in [7, 11) is 1.95. The summed E-state index contributed by atoms with van der Waals surface area (Å²) in [4.78, 5) is 2.61. The van der Waals surface area contributed by atoms with Gasteiger partial charge in [-0.2, -0.15) is 0 Å². The summed E-state index contributed by atoms with van der Waals surface area (Å²) in [6.07, 6.45) is 0.266. The number of aromatic nitrogens is 1. The van der Waals surface area contributed by atoms with Crippen LogP contribution in [0.2, 0.25) is 0 Å². The lowest BCUT2D eigenvalue weighted by Crippen LogP contribution is -2.19. The maximum Gasteiger partial charge on any atom is 0.105 e. The van der Waals surface area contributed by atoms with Gasteiger partial charge in [0.05, 0.1) is 6.10 Å². The topological polar surface area (TPSA) is 94.1 Å². The maximum atomic E-state index is 10.1. The van der Waals surface area contributed by atoms with Crippen molar-refractivity contribution in [3.8, 4) is 0 Å². The molecule has 0 saturated carbocycles. The number of aliphatic hydroxyl groups excluding tert-OH is 2. The molecule has 6 nitrogen and oxygen atoms in total. The molecule has 0 aliphatic rings. The van der Waals surface area contributed by atoms with E-state index in [4.69, 9.17) is 5.53 Å². The van der Waals surface area contributed by atoms with E-state index in [0.29, 0.717) is 5.56 Å². The molecule has 0 fully saturated rings. The summed E-state index contributed by atoms with van der Waals surface area (Å²) in [5.41, 5.74) is 9.90. The number of rotatable bonds is 5. The molecule has 2 rings (SSSR count). The van der Waals surface area contributed by atoms with Crippen LogP contribution >= 0.6 is 0 Å². The average Bonchev–Trinajstić information content (AvgIpc) is 2.79. The first kappa shape index (κ1) is 13.4. The number of hydrogen-bond donors (Lipinski definition) is 2. The molecule has 0 spiro atoms. The zero-order chi connectivity index (χ0) is 13.8. The third-order valence-corrected chi connectivity index (χ3v) is 3.20. The van der Waals surface area contributed by atoms with Crippen LogP contribution in [0.4, 0.5) is 0 Å². The van der Waals surface area contributed by atoms with Crippen LogP contribution in [-0.2, 0) is 7.05 Å². The van der Waals surface area contributed by atoms with Gasteiger partial charge in [-0.05, 0) is 41.1 Å². The van der Waals surface area contributed by atoms with Gasteiger partial charge in [0.1, 0.15) is 6.10 Å². The summed E-state index contributed by atoms with van der Waals surface area (Å²) < 4.78 is 1.99. The second kappa shape index (κ2) is 5.75. The summed E-state index contributed by atoms with van der Waals surface area (Å²) in [6.45, 7) is 0.169. The van der Waals surface area contributed by atoms with Gasteiger partial charge in [0.2, 0.25) is 0 Å². The predicted octanol–water partition coefficient (Wildman–Crippen LogP) is 2.27. The molecule has 2 unspecified atom stereocenters. The highest BCUT2D eigenvalue weighted by atomic mass is 16.3. The van der Waals surface area contributed by atoms with E-state index in [1.165, 1.54) is 0 Å². The maximum absolute atomic E-state index is 10.1. The minimum absolute atomic E-state index is 0.169. The van der Waals surface area contributed by atoms with Gasteiger partial charge in [-0.15, -0.1) is 0 Å². The number of aryl methyl sites for hydroxylation is 1. The lowest BCUT2D eigenvalue weighted by Gasteiger charge is -2.17. The Morgan fingerprint density at radius 2 is 2.16 bits per heavy atom. The van der Waals surface area contributed by atoms with Crippen molar-refractivity contribution in [1.29, 1.82) is 0 Å². The number of aliphatic hydroxyl groups is 2. The second-order valence-electron chi connectivity index (χ2n) is 4.50. The number of benzene rings is 1. The Morgan fingerprint density at radius 3 is 2.89 bits per heavy atom. The molecule has 1 heterocycles. The van der Waals surface area contributed by atoms with E-state index in [9.17, 15) is 10.2 Å². The predicted molar refractivity (Wildman–Crippen MR) is 72.5 cm³/mol. The molecular formula is C13H16N4O2. The van der Waals surface area contributed by atoms with Gasteiger partial charge in [0.25, 0.3) is 0 Å². The molecule has 19 heavy (non-hydrogen) atoms. The molecular weight excluding hydrogens is 244 g/mol. The molecule has 100 valence electrons. The van der Waals surface area contributed by atoms with E-state index in [1.807, 2.05) is 36.0 Å². The van der Waals surface area contributed by atoms with E-state index >= 15 is 0 Å². The summed E-state index contributed by atoms with van der Waals surface area (Å²) in [6, 6.07) is 7.52. The Balaban J connectivity index is 2.16. The van der Waals surface area contributed by atoms with Gasteiger partial charge in [0.15, 0.2) is 0 Å². The van der Waals surface area contributed by atoms with Gasteiger partial charge < -0.3 is 14.8 Å². The SMILES string of the molecule is Cn1ccc2cc(C(O)C(O)CCN=[N+]=[N-])ccc21. The number of azide groups is 1. The van der Waals surface area contributed by atoms with E-state index in [1.54, 1.807) is 6.07 Å². The molecule has 2 N–H and O–H groups in total. The van der Waals surface area contributed by atoms with Crippen molar-refractivity contribution in [3.63, 3.8) is 0 Å². The Labute approximate surface area is 110 Å². The van der Waals surface area contributed by atoms with Crippen LogP contribution in [0, 0.1) is 0 Å². The lowest BCUT2D eigenvalue weighted by atomic mass is 10.0. The zero-order valence-electron chi connectivity index (χ0n) is 10.6. The van der Waals surface area contributed by atoms with Crippen molar-refractivity contribution in [2.45, 2.75) is 18.6 Å². The highest BCUT2D eigenvalue weighted by Crippen LogP contribution is 2.24. The van der Waals surface area contributed by atoms with Crippen LogP contribution in [0.15, 0.2) is 35.6 Å². The van der Waals surface area contributed by atoms with E-state index in [2.05, 4.69) is 10.0 Å². The molecule has 0 radical (unpaired) electrons.